The van der Waals surface area contributed by atoms with Crippen LogP contribution in [-0.4, -0.2) is 52.5 Å². The Morgan fingerprint density at radius 2 is 2.00 bits per heavy atom. The minimum atomic E-state index is 0.0308. The number of aromatic amines is 1. The molecule has 1 aliphatic rings. The number of fused-ring (bicyclic) bond motifs is 1. The van der Waals surface area contributed by atoms with Crippen LogP contribution in [0.1, 0.15) is 36.7 Å². The Hall–Kier alpha value is -2.50. The van der Waals surface area contributed by atoms with E-state index in [-0.39, 0.29) is 18.0 Å². The highest BCUT2D eigenvalue weighted by Gasteiger charge is 2.33. The van der Waals surface area contributed by atoms with Crippen LogP contribution in [0.25, 0.3) is 10.9 Å². The molecule has 1 saturated heterocycles. The minimum Gasteiger partial charge on any atom is -0.493 e. The number of carbonyl (C=O) groups is 1. The molecule has 5 nitrogen and oxygen atoms in total. The molecule has 1 unspecified atom stereocenters. The number of amides is 1. The zero-order valence-corrected chi connectivity index (χ0v) is 18.4. The number of nitrogens with zero attached hydrogens (tertiary/aromatic N) is 2. The number of H-pyrrole nitrogens is 1. The van der Waals surface area contributed by atoms with Crippen LogP contribution in [0, 0.1) is 0 Å². The van der Waals surface area contributed by atoms with Crippen molar-refractivity contribution in [2.75, 3.05) is 19.7 Å². The number of ether oxygens (including phenoxy) is 1. The van der Waals surface area contributed by atoms with Gasteiger partial charge in [-0.25, -0.2) is 0 Å². The number of aromatic nitrogens is 1. The first kappa shape index (κ1) is 20.8. The summed E-state index contributed by atoms with van der Waals surface area (Å²) in [5, 5.41) is 1.77. The van der Waals surface area contributed by atoms with Crippen molar-refractivity contribution in [3.05, 3.63) is 64.8 Å². The lowest BCUT2D eigenvalue weighted by Gasteiger charge is -2.44. The van der Waals surface area contributed by atoms with Gasteiger partial charge in [-0.15, -0.1) is 0 Å². The molecule has 30 heavy (non-hydrogen) atoms. The molecule has 0 saturated carbocycles. The van der Waals surface area contributed by atoms with Crippen LogP contribution in [0.2, 0.25) is 5.02 Å². The van der Waals surface area contributed by atoms with Crippen molar-refractivity contribution in [3.63, 3.8) is 0 Å². The molecule has 2 heterocycles. The predicted molar refractivity (Wildman–Crippen MR) is 121 cm³/mol. The van der Waals surface area contributed by atoms with Crippen LogP contribution in [0.5, 0.6) is 5.75 Å². The third-order valence-corrected chi connectivity index (χ3v) is 6.07. The molecule has 1 N–H and O–H groups in total. The van der Waals surface area contributed by atoms with Crippen molar-refractivity contribution in [3.8, 4) is 5.75 Å². The van der Waals surface area contributed by atoms with Gasteiger partial charge < -0.3 is 14.6 Å². The van der Waals surface area contributed by atoms with E-state index in [0.29, 0.717) is 24.5 Å². The zero-order chi connectivity index (χ0) is 21.3. The van der Waals surface area contributed by atoms with Crippen LogP contribution in [-0.2, 0) is 6.54 Å². The molecular weight excluding hydrogens is 398 g/mol. The maximum atomic E-state index is 13.5. The van der Waals surface area contributed by atoms with E-state index in [1.807, 2.05) is 54.4 Å². The summed E-state index contributed by atoms with van der Waals surface area (Å²) in [6.45, 7) is 9.07. The van der Waals surface area contributed by atoms with E-state index in [2.05, 4.69) is 29.8 Å². The third-order valence-electron chi connectivity index (χ3n) is 5.83. The maximum absolute atomic E-state index is 13.5. The van der Waals surface area contributed by atoms with E-state index in [1.54, 1.807) is 0 Å². The van der Waals surface area contributed by atoms with E-state index >= 15 is 0 Å². The van der Waals surface area contributed by atoms with Gasteiger partial charge in [-0.05, 0) is 50.6 Å². The highest BCUT2D eigenvalue weighted by atomic mass is 35.5. The van der Waals surface area contributed by atoms with Gasteiger partial charge in [0, 0.05) is 59.9 Å². The second-order valence-corrected chi connectivity index (χ2v) is 8.50. The SMILES string of the molecule is CCOc1cc2[nH]ccc2cc1C(=O)N1C[C@H](C)N(Cc2cccc(Cl)c2)CC1C. The van der Waals surface area contributed by atoms with Gasteiger partial charge in [0.15, 0.2) is 0 Å². The number of piperazine rings is 1. The normalized spacial score (nSPS) is 19.9. The molecule has 158 valence electrons. The Morgan fingerprint density at radius 3 is 2.77 bits per heavy atom. The number of benzene rings is 2. The Balaban J connectivity index is 1.54. The van der Waals surface area contributed by atoms with Gasteiger partial charge in [0.2, 0.25) is 0 Å². The molecule has 0 radical (unpaired) electrons. The van der Waals surface area contributed by atoms with Crippen molar-refractivity contribution >= 4 is 28.4 Å². The lowest BCUT2D eigenvalue weighted by Crippen LogP contribution is -2.57. The molecule has 0 spiro atoms. The van der Waals surface area contributed by atoms with Crippen LogP contribution < -0.4 is 4.74 Å². The standard InChI is InChI=1S/C24H28ClN3O2/c1-4-30-23-12-22-19(8-9-26-22)11-21(23)24(29)28-14-16(2)27(13-17(28)3)15-18-6-5-7-20(25)10-18/h5-12,16-17,26H,4,13-15H2,1-3H3/t16-,17?/m0/s1. The van der Waals surface area contributed by atoms with Crippen LogP contribution in [0.3, 0.4) is 0 Å². The third kappa shape index (κ3) is 4.18. The average molecular weight is 426 g/mol. The van der Waals surface area contributed by atoms with Crippen molar-refractivity contribution in [2.24, 2.45) is 0 Å². The molecule has 2 aromatic carbocycles. The highest BCUT2D eigenvalue weighted by Crippen LogP contribution is 2.29. The van der Waals surface area contributed by atoms with Gasteiger partial charge in [-0.3, -0.25) is 9.69 Å². The highest BCUT2D eigenvalue weighted by molar-refractivity contribution is 6.30. The Morgan fingerprint density at radius 1 is 1.17 bits per heavy atom. The van der Waals surface area contributed by atoms with Crippen LogP contribution >= 0.6 is 11.6 Å². The molecule has 1 amide bonds. The number of halogens is 1. The summed E-state index contributed by atoms with van der Waals surface area (Å²) in [4.78, 5) is 21.1. The zero-order valence-electron chi connectivity index (χ0n) is 17.7. The minimum absolute atomic E-state index is 0.0308. The fourth-order valence-corrected chi connectivity index (χ4v) is 4.46. The van der Waals surface area contributed by atoms with E-state index in [0.717, 1.165) is 29.0 Å². The summed E-state index contributed by atoms with van der Waals surface area (Å²) in [6, 6.07) is 14.2. The van der Waals surface area contributed by atoms with Crippen molar-refractivity contribution < 1.29 is 9.53 Å². The first-order chi connectivity index (χ1) is 14.5. The second-order valence-electron chi connectivity index (χ2n) is 8.06. The lowest BCUT2D eigenvalue weighted by molar-refractivity contribution is 0.0288. The van der Waals surface area contributed by atoms with Crippen molar-refractivity contribution in [1.82, 2.24) is 14.8 Å². The van der Waals surface area contributed by atoms with E-state index < -0.39 is 0 Å². The fraction of sp³-hybridized carbons (Fsp3) is 0.375. The van der Waals surface area contributed by atoms with Gasteiger partial charge >= 0.3 is 0 Å². The molecule has 2 atom stereocenters. The number of hydrogen-bond donors (Lipinski definition) is 1. The Bertz CT molecular complexity index is 1050. The number of rotatable bonds is 5. The topological polar surface area (TPSA) is 48.6 Å². The molecule has 0 aliphatic carbocycles. The fourth-order valence-electron chi connectivity index (χ4n) is 4.25. The first-order valence-corrected chi connectivity index (χ1v) is 10.9. The largest absolute Gasteiger partial charge is 0.493 e. The lowest BCUT2D eigenvalue weighted by atomic mass is 10.0. The van der Waals surface area contributed by atoms with Crippen LogP contribution in [0.15, 0.2) is 48.7 Å². The maximum Gasteiger partial charge on any atom is 0.257 e. The number of nitrogens with one attached hydrogen (secondary N) is 1. The Kier molecular flexibility index (Phi) is 6.02. The van der Waals surface area contributed by atoms with Crippen LogP contribution in [0.4, 0.5) is 0 Å². The summed E-state index contributed by atoms with van der Waals surface area (Å²) in [5.74, 6) is 0.668. The van der Waals surface area contributed by atoms with Gasteiger partial charge in [-0.1, -0.05) is 23.7 Å². The molecule has 1 aromatic heterocycles. The molecule has 1 fully saturated rings. The smallest absolute Gasteiger partial charge is 0.257 e. The molecular formula is C24H28ClN3O2. The number of hydrogen-bond acceptors (Lipinski definition) is 3. The van der Waals surface area contributed by atoms with E-state index in [4.69, 9.17) is 16.3 Å². The first-order valence-electron chi connectivity index (χ1n) is 10.5. The summed E-state index contributed by atoms with van der Waals surface area (Å²) in [6.07, 6.45) is 1.88. The monoisotopic (exact) mass is 425 g/mol. The molecule has 6 heteroatoms. The summed E-state index contributed by atoms with van der Waals surface area (Å²) in [5.41, 5.74) is 2.80. The van der Waals surface area contributed by atoms with Gasteiger partial charge in [0.1, 0.15) is 5.75 Å². The van der Waals surface area contributed by atoms with E-state index in [1.165, 1.54) is 5.56 Å². The van der Waals surface area contributed by atoms with Gasteiger partial charge in [0.05, 0.1) is 12.2 Å². The average Bonchev–Trinajstić information content (AvgIpc) is 3.17. The quantitative estimate of drug-likeness (QED) is 0.628. The molecule has 4 rings (SSSR count). The van der Waals surface area contributed by atoms with Crippen molar-refractivity contribution in [1.29, 1.82) is 0 Å². The van der Waals surface area contributed by atoms with Crippen molar-refractivity contribution in [2.45, 2.75) is 39.4 Å². The van der Waals surface area contributed by atoms with E-state index in [9.17, 15) is 4.79 Å². The molecule has 3 aromatic rings. The summed E-state index contributed by atoms with van der Waals surface area (Å²) >= 11 is 6.15. The number of carbonyl (C=O) groups excluding carboxylic acids is 1. The second kappa shape index (κ2) is 8.70. The summed E-state index contributed by atoms with van der Waals surface area (Å²) < 4.78 is 5.81. The Labute approximate surface area is 182 Å². The predicted octanol–water partition coefficient (Wildman–Crippen LogP) is 4.96. The molecule has 1 aliphatic heterocycles. The molecule has 0 bridgehead atoms. The van der Waals surface area contributed by atoms with Gasteiger partial charge in [-0.2, -0.15) is 0 Å². The summed E-state index contributed by atoms with van der Waals surface area (Å²) in [7, 11) is 0. The van der Waals surface area contributed by atoms with Gasteiger partial charge in [0.25, 0.3) is 5.91 Å².